The fourth-order valence-corrected chi connectivity index (χ4v) is 1.00. The van der Waals surface area contributed by atoms with Crippen LogP contribution < -0.4 is 5.73 Å². The van der Waals surface area contributed by atoms with Gasteiger partial charge in [-0.1, -0.05) is 26.8 Å². The van der Waals surface area contributed by atoms with Crippen molar-refractivity contribution in [2.45, 2.75) is 34.6 Å². The van der Waals surface area contributed by atoms with Crippen molar-refractivity contribution in [3.63, 3.8) is 0 Å². The van der Waals surface area contributed by atoms with E-state index in [-0.39, 0.29) is 5.41 Å². The van der Waals surface area contributed by atoms with E-state index in [1.165, 1.54) is 0 Å². The molecular formula is C12H21NO. The smallest absolute Gasteiger partial charge is 0.0820 e. The van der Waals surface area contributed by atoms with Gasteiger partial charge in [-0.2, -0.15) is 0 Å². The Bertz CT molecular complexity index is 273. The molecule has 0 saturated carbocycles. The van der Waals surface area contributed by atoms with Crippen LogP contribution in [-0.2, 0) is 0 Å². The van der Waals surface area contributed by atoms with E-state index in [0.29, 0.717) is 0 Å². The summed E-state index contributed by atoms with van der Waals surface area (Å²) in [6, 6.07) is 0. The summed E-state index contributed by atoms with van der Waals surface area (Å²) in [5.41, 5.74) is 8.39. The summed E-state index contributed by atoms with van der Waals surface area (Å²) in [6.45, 7) is 10.1. The van der Waals surface area contributed by atoms with Gasteiger partial charge < -0.3 is 10.8 Å². The summed E-state index contributed by atoms with van der Waals surface area (Å²) in [7, 11) is 0. The minimum Gasteiger partial charge on any atom is -0.515 e. The van der Waals surface area contributed by atoms with E-state index in [2.05, 4.69) is 20.8 Å². The molecule has 3 N–H and O–H groups in total. The Morgan fingerprint density at radius 3 is 1.93 bits per heavy atom. The molecule has 0 bridgehead atoms. The van der Waals surface area contributed by atoms with E-state index in [1.54, 1.807) is 0 Å². The largest absolute Gasteiger partial charge is 0.515 e. The Morgan fingerprint density at radius 2 is 1.64 bits per heavy atom. The van der Waals surface area contributed by atoms with Gasteiger partial charge in [-0.05, 0) is 36.5 Å². The first-order valence-electron chi connectivity index (χ1n) is 4.74. The molecule has 0 fully saturated rings. The highest BCUT2D eigenvalue weighted by Crippen LogP contribution is 2.27. The number of rotatable bonds is 2. The first-order chi connectivity index (χ1) is 6.27. The van der Waals surface area contributed by atoms with Gasteiger partial charge in [0, 0.05) is 5.70 Å². The number of hydrogen-bond acceptors (Lipinski definition) is 2. The third-order valence-corrected chi connectivity index (χ3v) is 1.84. The molecule has 2 nitrogen and oxygen atoms in total. The lowest BCUT2D eigenvalue weighted by Gasteiger charge is -2.21. The van der Waals surface area contributed by atoms with Crippen LogP contribution in [0.5, 0.6) is 0 Å². The van der Waals surface area contributed by atoms with E-state index >= 15 is 0 Å². The predicted octanol–water partition coefficient (Wildman–Crippen LogP) is 3.28. The monoisotopic (exact) mass is 195 g/mol. The zero-order chi connectivity index (χ0) is 11.4. The highest BCUT2D eigenvalue weighted by Gasteiger charge is 2.14. The summed E-state index contributed by atoms with van der Waals surface area (Å²) in [6.07, 6.45) is 4.98. The molecule has 0 aliphatic carbocycles. The molecule has 0 rings (SSSR count). The van der Waals surface area contributed by atoms with Gasteiger partial charge >= 0.3 is 0 Å². The summed E-state index contributed by atoms with van der Waals surface area (Å²) in [5.74, 6) is 0. The van der Waals surface area contributed by atoms with Crippen LogP contribution in [0.25, 0.3) is 0 Å². The van der Waals surface area contributed by atoms with Crippen LogP contribution in [0, 0.1) is 5.41 Å². The van der Waals surface area contributed by atoms with Crippen LogP contribution in [0.15, 0.2) is 35.3 Å². The van der Waals surface area contributed by atoms with E-state index in [1.807, 2.05) is 26.0 Å². The number of aliphatic hydroxyl groups is 1. The van der Waals surface area contributed by atoms with E-state index in [0.717, 1.165) is 23.1 Å². The van der Waals surface area contributed by atoms with Crippen LogP contribution in [0.1, 0.15) is 34.6 Å². The number of allylic oxidation sites excluding steroid dienone is 5. The molecule has 14 heavy (non-hydrogen) atoms. The second kappa shape index (κ2) is 4.89. The zero-order valence-corrected chi connectivity index (χ0v) is 9.76. The molecule has 0 aromatic carbocycles. The first kappa shape index (κ1) is 12.8. The minimum absolute atomic E-state index is 0.0326. The molecular weight excluding hydrogens is 174 g/mol. The lowest BCUT2D eigenvalue weighted by molar-refractivity contribution is 0.468. The van der Waals surface area contributed by atoms with Crippen molar-refractivity contribution in [1.82, 2.24) is 0 Å². The molecule has 0 aromatic heterocycles. The zero-order valence-electron chi connectivity index (χ0n) is 9.76. The molecule has 80 valence electrons. The third kappa shape index (κ3) is 4.75. The molecule has 0 aliphatic heterocycles. The Balaban J connectivity index is 5.13. The second-order valence-electron chi connectivity index (χ2n) is 4.61. The number of hydrogen-bond donors (Lipinski definition) is 2. The molecule has 0 heterocycles. The van der Waals surface area contributed by atoms with Gasteiger partial charge in [0.25, 0.3) is 0 Å². The van der Waals surface area contributed by atoms with Crippen molar-refractivity contribution in [3.8, 4) is 0 Å². The highest BCUT2D eigenvalue weighted by molar-refractivity contribution is 5.33. The van der Waals surface area contributed by atoms with Crippen molar-refractivity contribution in [3.05, 3.63) is 35.3 Å². The first-order valence-corrected chi connectivity index (χ1v) is 4.74. The quantitative estimate of drug-likeness (QED) is 0.524. The van der Waals surface area contributed by atoms with Gasteiger partial charge in [-0.25, -0.2) is 0 Å². The average Bonchev–Trinajstić information content (AvgIpc) is 2.00. The Kier molecular flexibility index (Phi) is 4.48. The maximum absolute atomic E-state index is 8.82. The normalized spacial score (nSPS) is 15.9. The van der Waals surface area contributed by atoms with Crippen LogP contribution in [0.3, 0.4) is 0 Å². The molecule has 0 unspecified atom stereocenters. The van der Waals surface area contributed by atoms with Crippen molar-refractivity contribution in [2.75, 3.05) is 0 Å². The van der Waals surface area contributed by atoms with E-state index < -0.39 is 0 Å². The average molecular weight is 195 g/mol. The number of aliphatic hydroxyl groups excluding tert-OH is 1. The van der Waals surface area contributed by atoms with Crippen LogP contribution in [0.2, 0.25) is 0 Å². The summed E-state index contributed by atoms with van der Waals surface area (Å²) in [4.78, 5) is 0. The molecule has 0 radical (unpaired) electrons. The Hall–Kier alpha value is -1.18. The van der Waals surface area contributed by atoms with Crippen molar-refractivity contribution < 1.29 is 5.11 Å². The lowest BCUT2D eigenvalue weighted by Crippen LogP contribution is -2.09. The maximum atomic E-state index is 8.82. The molecule has 0 amide bonds. The van der Waals surface area contributed by atoms with Crippen LogP contribution >= 0.6 is 0 Å². The Labute approximate surface area is 86.8 Å². The maximum Gasteiger partial charge on any atom is 0.0820 e. The summed E-state index contributed by atoms with van der Waals surface area (Å²) in [5, 5.41) is 8.82. The third-order valence-electron chi connectivity index (χ3n) is 1.84. The molecule has 0 spiro atoms. The fraction of sp³-hybridized carbons (Fsp3) is 0.500. The van der Waals surface area contributed by atoms with Crippen molar-refractivity contribution >= 4 is 0 Å². The Morgan fingerprint density at radius 1 is 1.14 bits per heavy atom. The van der Waals surface area contributed by atoms with Crippen molar-refractivity contribution in [1.29, 1.82) is 0 Å². The lowest BCUT2D eigenvalue weighted by atomic mass is 9.85. The van der Waals surface area contributed by atoms with E-state index in [9.17, 15) is 0 Å². The summed E-state index contributed by atoms with van der Waals surface area (Å²) >= 11 is 0. The standard InChI is InChI=1S/C12H21NO/c1-9(8-14)6-11(7-10(2)13)12(3,4)5/h6-8,14H,13H2,1-5H3/b9-8+,10-7+,11-6+. The number of nitrogens with two attached hydrogens (primary N) is 1. The fourth-order valence-electron chi connectivity index (χ4n) is 1.00. The molecule has 0 saturated heterocycles. The van der Waals surface area contributed by atoms with E-state index in [4.69, 9.17) is 10.8 Å². The highest BCUT2D eigenvalue weighted by atomic mass is 16.2. The molecule has 0 atom stereocenters. The van der Waals surface area contributed by atoms with Crippen LogP contribution in [-0.4, -0.2) is 5.11 Å². The van der Waals surface area contributed by atoms with Gasteiger partial charge in [-0.3, -0.25) is 0 Å². The van der Waals surface area contributed by atoms with Crippen molar-refractivity contribution in [2.24, 2.45) is 11.1 Å². The molecule has 2 heteroatoms. The van der Waals surface area contributed by atoms with Gasteiger partial charge in [0.2, 0.25) is 0 Å². The van der Waals surface area contributed by atoms with Gasteiger partial charge in [0.1, 0.15) is 0 Å². The van der Waals surface area contributed by atoms with Crippen LogP contribution in [0.4, 0.5) is 0 Å². The van der Waals surface area contributed by atoms with Gasteiger partial charge in [0.05, 0.1) is 6.26 Å². The molecule has 0 aliphatic rings. The van der Waals surface area contributed by atoms with Gasteiger partial charge in [0.15, 0.2) is 0 Å². The predicted molar refractivity (Wildman–Crippen MR) is 61.9 cm³/mol. The summed E-state index contributed by atoms with van der Waals surface area (Å²) < 4.78 is 0. The minimum atomic E-state index is 0.0326. The SMILES string of the molecule is C\C(N)=C/C(=C\C(C)=C\O)C(C)(C)C. The second-order valence-corrected chi connectivity index (χ2v) is 4.61. The van der Waals surface area contributed by atoms with Gasteiger partial charge in [-0.15, -0.1) is 0 Å². The topological polar surface area (TPSA) is 46.2 Å². The molecule has 0 aromatic rings.